The standard InChI is InChI=1S/C26H15ClF9N3O2/c27-17-3-1-2-4-19(17)39-20(12-22(38-39)26(34,35)36)14-5-7-15(8-6-14)23(40)37-18-11-16(25(31,32)33)9-10-21(18)41-13-24(28,29)30/h1-12H,13H2,(H,37,40). The van der Waals surface area contributed by atoms with Gasteiger partial charge in [0.25, 0.3) is 5.91 Å². The highest BCUT2D eigenvalue weighted by atomic mass is 35.5. The maximum Gasteiger partial charge on any atom is 0.435 e. The molecule has 0 saturated carbocycles. The predicted octanol–water partition coefficient (Wildman–Crippen LogP) is 8.42. The minimum Gasteiger partial charge on any atom is -0.482 e. The number of nitrogens with one attached hydrogen (secondary N) is 1. The minimum absolute atomic E-state index is 0.0434. The fraction of sp³-hybridized carbons (Fsp3) is 0.154. The van der Waals surface area contributed by atoms with Crippen LogP contribution in [0.2, 0.25) is 5.02 Å². The molecule has 5 nitrogen and oxygen atoms in total. The van der Waals surface area contributed by atoms with Crippen LogP contribution in [0.25, 0.3) is 16.9 Å². The van der Waals surface area contributed by atoms with Crippen molar-refractivity contribution >= 4 is 23.2 Å². The van der Waals surface area contributed by atoms with Crippen molar-refractivity contribution in [3.8, 4) is 22.7 Å². The number of anilines is 1. The lowest BCUT2D eigenvalue weighted by Gasteiger charge is -2.16. The number of hydrogen-bond acceptors (Lipinski definition) is 3. The number of halogens is 10. The molecule has 0 bridgehead atoms. The Morgan fingerprint density at radius 2 is 1.51 bits per heavy atom. The van der Waals surface area contributed by atoms with Crippen molar-refractivity contribution in [2.24, 2.45) is 0 Å². The average molecular weight is 608 g/mol. The van der Waals surface area contributed by atoms with Crippen LogP contribution in [-0.4, -0.2) is 28.5 Å². The zero-order valence-electron chi connectivity index (χ0n) is 20.1. The van der Waals surface area contributed by atoms with E-state index in [1.807, 2.05) is 0 Å². The number of ether oxygens (including phenoxy) is 1. The lowest BCUT2D eigenvalue weighted by Crippen LogP contribution is -2.21. The summed E-state index contributed by atoms with van der Waals surface area (Å²) >= 11 is 6.15. The maximum absolute atomic E-state index is 13.4. The van der Waals surface area contributed by atoms with Gasteiger partial charge in [-0.1, -0.05) is 35.9 Å². The molecule has 1 heterocycles. The number of aromatic nitrogens is 2. The largest absolute Gasteiger partial charge is 0.482 e. The van der Waals surface area contributed by atoms with Crippen LogP contribution in [-0.2, 0) is 12.4 Å². The number of benzene rings is 3. The topological polar surface area (TPSA) is 56.1 Å². The van der Waals surface area contributed by atoms with E-state index >= 15 is 0 Å². The first-order valence-corrected chi connectivity index (χ1v) is 11.7. The van der Waals surface area contributed by atoms with Gasteiger partial charge in [-0.05, 0) is 48.5 Å². The Balaban J connectivity index is 1.66. The molecule has 1 N–H and O–H groups in total. The summed E-state index contributed by atoms with van der Waals surface area (Å²) in [6, 6.07) is 13.1. The normalized spacial score (nSPS) is 12.3. The zero-order valence-corrected chi connectivity index (χ0v) is 20.9. The number of alkyl halides is 9. The van der Waals surface area contributed by atoms with Gasteiger partial charge in [-0.15, -0.1) is 0 Å². The lowest BCUT2D eigenvalue weighted by atomic mass is 10.1. The summed E-state index contributed by atoms with van der Waals surface area (Å²) in [6.07, 6.45) is -14.5. The molecule has 0 aliphatic heterocycles. The van der Waals surface area contributed by atoms with E-state index in [2.05, 4.69) is 15.2 Å². The molecule has 0 unspecified atom stereocenters. The Bertz CT molecular complexity index is 1560. The molecule has 216 valence electrons. The molecule has 1 aromatic heterocycles. The average Bonchev–Trinajstić information content (AvgIpc) is 3.33. The van der Waals surface area contributed by atoms with Crippen molar-refractivity contribution in [3.05, 3.63) is 94.6 Å². The van der Waals surface area contributed by atoms with E-state index in [0.717, 1.165) is 22.9 Å². The number of amides is 1. The lowest BCUT2D eigenvalue weighted by molar-refractivity contribution is -0.153. The predicted molar refractivity (Wildman–Crippen MR) is 130 cm³/mol. The molecular formula is C26H15ClF9N3O2. The minimum atomic E-state index is -4.87. The first kappa shape index (κ1) is 29.8. The quantitative estimate of drug-likeness (QED) is 0.224. The smallest absolute Gasteiger partial charge is 0.435 e. The molecule has 0 aliphatic carbocycles. The van der Waals surface area contributed by atoms with Gasteiger partial charge in [-0.2, -0.15) is 44.6 Å². The van der Waals surface area contributed by atoms with Crippen molar-refractivity contribution in [3.63, 3.8) is 0 Å². The molecule has 0 aliphatic rings. The number of carbonyl (C=O) groups excluding carboxylic acids is 1. The van der Waals surface area contributed by atoms with Gasteiger partial charge in [0, 0.05) is 11.1 Å². The highest BCUT2D eigenvalue weighted by Crippen LogP contribution is 2.37. The van der Waals surface area contributed by atoms with Crippen LogP contribution >= 0.6 is 11.6 Å². The summed E-state index contributed by atoms with van der Waals surface area (Å²) in [5.74, 6) is -1.69. The summed E-state index contributed by atoms with van der Waals surface area (Å²) < 4.78 is 123. The second-order valence-corrected chi connectivity index (χ2v) is 8.83. The molecule has 3 aromatic carbocycles. The summed E-state index contributed by atoms with van der Waals surface area (Å²) in [6.45, 7) is -1.82. The third-order valence-corrected chi connectivity index (χ3v) is 5.79. The van der Waals surface area contributed by atoms with Crippen molar-refractivity contribution in [1.29, 1.82) is 0 Å². The van der Waals surface area contributed by atoms with E-state index in [0.29, 0.717) is 18.2 Å². The van der Waals surface area contributed by atoms with Crippen molar-refractivity contribution in [2.45, 2.75) is 18.5 Å². The summed E-state index contributed by atoms with van der Waals surface area (Å²) in [5.41, 5.74) is -3.06. The van der Waals surface area contributed by atoms with E-state index in [-0.39, 0.29) is 27.5 Å². The van der Waals surface area contributed by atoms with Crippen molar-refractivity contribution in [1.82, 2.24) is 9.78 Å². The van der Waals surface area contributed by atoms with Crippen LogP contribution in [0.3, 0.4) is 0 Å². The number of hydrogen-bond donors (Lipinski definition) is 1. The number of carbonyl (C=O) groups is 1. The maximum atomic E-state index is 13.4. The third kappa shape index (κ3) is 7.12. The van der Waals surface area contributed by atoms with Gasteiger partial charge >= 0.3 is 18.5 Å². The number of rotatable bonds is 6. The zero-order chi connectivity index (χ0) is 30.2. The molecule has 0 fully saturated rings. The van der Waals surface area contributed by atoms with E-state index < -0.39 is 53.7 Å². The van der Waals surface area contributed by atoms with E-state index in [9.17, 15) is 44.3 Å². The molecule has 0 atom stereocenters. The summed E-state index contributed by atoms with van der Waals surface area (Å²) in [7, 11) is 0. The Labute approximate surface area is 230 Å². The van der Waals surface area contributed by atoms with Crippen LogP contribution in [0, 0.1) is 0 Å². The SMILES string of the molecule is O=C(Nc1cc(C(F)(F)F)ccc1OCC(F)(F)F)c1ccc(-c2cc(C(F)(F)F)nn2-c2ccccc2Cl)cc1. The molecule has 15 heteroatoms. The Morgan fingerprint density at radius 1 is 0.854 bits per heavy atom. The fourth-order valence-electron chi connectivity index (χ4n) is 3.61. The van der Waals surface area contributed by atoms with Crippen LogP contribution in [0.4, 0.5) is 45.2 Å². The number of nitrogens with zero attached hydrogens (tertiary/aromatic N) is 2. The Kier molecular flexibility index (Phi) is 7.98. The highest BCUT2D eigenvalue weighted by Gasteiger charge is 2.36. The van der Waals surface area contributed by atoms with E-state index in [1.165, 1.54) is 30.3 Å². The number of para-hydroxylation sites is 1. The first-order chi connectivity index (χ1) is 19.0. The van der Waals surface area contributed by atoms with E-state index in [1.54, 1.807) is 6.07 Å². The summed E-state index contributed by atoms with van der Waals surface area (Å²) in [4.78, 5) is 12.8. The van der Waals surface area contributed by atoms with Gasteiger partial charge < -0.3 is 10.1 Å². The third-order valence-electron chi connectivity index (χ3n) is 5.47. The molecular weight excluding hydrogens is 593 g/mol. The van der Waals surface area contributed by atoms with Crippen LogP contribution < -0.4 is 10.1 Å². The molecule has 0 radical (unpaired) electrons. The van der Waals surface area contributed by atoms with Gasteiger partial charge in [0.2, 0.25) is 0 Å². The first-order valence-electron chi connectivity index (χ1n) is 11.3. The van der Waals surface area contributed by atoms with Gasteiger partial charge in [0.05, 0.1) is 27.7 Å². The van der Waals surface area contributed by atoms with Crippen molar-refractivity contribution < 1.29 is 49.0 Å². The Morgan fingerprint density at radius 3 is 2.10 bits per heavy atom. The molecule has 41 heavy (non-hydrogen) atoms. The van der Waals surface area contributed by atoms with Crippen LogP contribution in [0.5, 0.6) is 5.75 Å². The van der Waals surface area contributed by atoms with Crippen LogP contribution in [0.1, 0.15) is 21.6 Å². The second-order valence-electron chi connectivity index (χ2n) is 8.42. The monoisotopic (exact) mass is 607 g/mol. The van der Waals surface area contributed by atoms with Crippen LogP contribution in [0.15, 0.2) is 72.8 Å². The fourth-order valence-corrected chi connectivity index (χ4v) is 3.82. The summed E-state index contributed by atoms with van der Waals surface area (Å²) in [5, 5.41) is 5.81. The molecule has 4 rings (SSSR count). The molecule has 1 amide bonds. The Hall–Kier alpha value is -4.20. The van der Waals surface area contributed by atoms with Gasteiger partial charge in [0.1, 0.15) is 5.75 Å². The highest BCUT2D eigenvalue weighted by molar-refractivity contribution is 6.32. The molecule has 0 spiro atoms. The van der Waals surface area contributed by atoms with Gasteiger partial charge in [-0.3, -0.25) is 4.79 Å². The van der Waals surface area contributed by atoms with E-state index in [4.69, 9.17) is 11.6 Å². The van der Waals surface area contributed by atoms with Crippen molar-refractivity contribution in [2.75, 3.05) is 11.9 Å². The van der Waals surface area contributed by atoms with Gasteiger partial charge in [-0.25, -0.2) is 4.68 Å². The molecule has 4 aromatic rings. The van der Waals surface area contributed by atoms with Gasteiger partial charge in [0.15, 0.2) is 12.3 Å². The second kappa shape index (κ2) is 11.0. The molecule has 0 saturated heterocycles.